The number of sulfonamides is 1. The van der Waals surface area contributed by atoms with E-state index in [2.05, 4.69) is 0 Å². The first-order valence-electron chi connectivity index (χ1n) is 7.81. The summed E-state index contributed by atoms with van der Waals surface area (Å²) in [6, 6.07) is 16.0. The molecule has 2 aromatic carbocycles. The SMILES string of the molecule is COc1ccc(C2CN(S(=O)(=O)c3ccccc3C#N)CCS2)cc1. The summed E-state index contributed by atoms with van der Waals surface area (Å²) in [5, 5.41) is 9.27. The fraction of sp³-hybridized carbons (Fsp3) is 0.278. The molecule has 0 saturated carbocycles. The molecule has 1 heterocycles. The highest BCUT2D eigenvalue weighted by molar-refractivity contribution is 7.99. The van der Waals surface area contributed by atoms with Gasteiger partial charge in [0.15, 0.2) is 0 Å². The van der Waals surface area contributed by atoms with Crippen LogP contribution < -0.4 is 4.74 Å². The number of nitriles is 1. The third kappa shape index (κ3) is 3.66. The maximum atomic E-state index is 13.0. The molecule has 25 heavy (non-hydrogen) atoms. The number of rotatable bonds is 4. The summed E-state index contributed by atoms with van der Waals surface area (Å²) >= 11 is 1.74. The summed E-state index contributed by atoms with van der Waals surface area (Å²) < 4.78 is 32.6. The number of hydrogen-bond acceptors (Lipinski definition) is 5. The Morgan fingerprint density at radius 2 is 1.92 bits per heavy atom. The smallest absolute Gasteiger partial charge is 0.244 e. The molecule has 0 N–H and O–H groups in total. The lowest BCUT2D eigenvalue weighted by molar-refractivity contribution is 0.413. The summed E-state index contributed by atoms with van der Waals surface area (Å²) in [6.45, 7) is 0.832. The molecule has 1 unspecified atom stereocenters. The van der Waals surface area contributed by atoms with Crippen LogP contribution in [0.2, 0.25) is 0 Å². The second-order valence-corrected chi connectivity index (χ2v) is 8.82. The molecule has 5 nitrogen and oxygen atoms in total. The molecule has 0 amide bonds. The molecule has 1 aliphatic heterocycles. The van der Waals surface area contributed by atoms with Crippen LogP contribution in [0.25, 0.3) is 0 Å². The van der Waals surface area contributed by atoms with E-state index in [1.165, 1.54) is 16.4 Å². The Morgan fingerprint density at radius 1 is 1.20 bits per heavy atom. The van der Waals surface area contributed by atoms with Crippen LogP contribution in [0.3, 0.4) is 0 Å². The van der Waals surface area contributed by atoms with Crippen molar-refractivity contribution in [1.82, 2.24) is 4.31 Å². The average Bonchev–Trinajstić information content (AvgIpc) is 2.68. The summed E-state index contributed by atoms with van der Waals surface area (Å²) in [7, 11) is -2.07. The fourth-order valence-electron chi connectivity index (χ4n) is 2.79. The van der Waals surface area contributed by atoms with Gasteiger partial charge in [-0.2, -0.15) is 21.3 Å². The Hall–Kier alpha value is -2.01. The molecule has 0 aromatic heterocycles. The van der Waals surface area contributed by atoms with E-state index in [-0.39, 0.29) is 15.7 Å². The molecule has 1 saturated heterocycles. The standard InChI is InChI=1S/C18H18N2O3S2/c1-23-16-8-6-14(7-9-16)17-13-20(10-11-24-17)25(21,22)18-5-3-2-4-15(18)12-19/h2-9,17H,10-11,13H2,1H3. The van der Waals surface area contributed by atoms with Crippen LogP contribution in [-0.2, 0) is 10.0 Å². The van der Waals surface area contributed by atoms with Crippen LogP contribution in [-0.4, -0.2) is 38.7 Å². The van der Waals surface area contributed by atoms with Crippen molar-refractivity contribution >= 4 is 21.8 Å². The van der Waals surface area contributed by atoms with Gasteiger partial charge in [-0.1, -0.05) is 24.3 Å². The number of methoxy groups -OCH3 is 1. The lowest BCUT2D eigenvalue weighted by Crippen LogP contribution is -2.39. The quantitative estimate of drug-likeness (QED) is 0.823. The Bertz CT molecular complexity index is 889. The van der Waals surface area contributed by atoms with E-state index < -0.39 is 10.0 Å². The van der Waals surface area contributed by atoms with Crippen molar-refractivity contribution in [3.63, 3.8) is 0 Å². The zero-order chi connectivity index (χ0) is 17.9. The van der Waals surface area contributed by atoms with Gasteiger partial charge in [-0.15, -0.1) is 0 Å². The van der Waals surface area contributed by atoms with Crippen LogP contribution in [0, 0.1) is 11.3 Å². The molecule has 1 fully saturated rings. The van der Waals surface area contributed by atoms with Crippen LogP contribution in [0.15, 0.2) is 53.4 Å². The molecule has 130 valence electrons. The van der Waals surface area contributed by atoms with E-state index in [1.807, 2.05) is 30.3 Å². The Kier molecular flexibility index (Phi) is 5.33. The topological polar surface area (TPSA) is 70.4 Å². The lowest BCUT2D eigenvalue weighted by atomic mass is 10.1. The molecule has 3 rings (SSSR count). The van der Waals surface area contributed by atoms with E-state index in [0.717, 1.165) is 11.3 Å². The van der Waals surface area contributed by atoms with Gasteiger partial charge >= 0.3 is 0 Å². The predicted octanol–water partition coefficient (Wildman–Crippen LogP) is 3.05. The third-order valence-electron chi connectivity index (χ3n) is 4.14. The molecule has 0 radical (unpaired) electrons. The van der Waals surface area contributed by atoms with E-state index >= 15 is 0 Å². The molecule has 2 aromatic rings. The van der Waals surface area contributed by atoms with Crippen molar-refractivity contribution in [2.24, 2.45) is 0 Å². The summed E-state index contributed by atoms with van der Waals surface area (Å²) in [4.78, 5) is 0.0814. The number of nitrogens with zero attached hydrogens (tertiary/aromatic N) is 2. The minimum atomic E-state index is -3.69. The van der Waals surface area contributed by atoms with Crippen molar-refractivity contribution in [3.05, 3.63) is 59.7 Å². The van der Waals surface area contributed by atoms with Crippen molar-refractivity contribution in [3.8, 4) is 11.8 Å². The molecule has 1 atom stereocenters. The van der Waals surface area contributed by atoms with Crippen molar-refractivity contribution in [2.75, 3.05) is 26.0 Å². The maximum absolute atomic E-state index is 13.0. The minimum absolute atomic E-state index is 0.0590. The predicted molar refractivity (Wildman–Crippen MR) is 98.1 cm³/mol. The molecule has 7 heteroatoms. The number of ether oxygens (including phenoxy) is 1. The van der Waals surface area contributed by atoms with E-state index in [4.69, 9.17) is 4.74 Å². The first-order chi connectivity index (χ1) is 12.1. The van der Waals surface area contributed by atoms with Gasteiger partial charge in [-0.3, -0.25) is 0 Å². The van der Waals surface area contributed by atoms with Gasteiger partial charge in [0.2, 0.25) is 10.0 Å². The third-order valence-corrected chi connectivity index (χ3v) is 7.31. The number of hydrogen-bond donors (Lipinski definition) is 0. The normalized spacial score (nSPS) is 18.5. The van der Waals surface area contributed by atoms with Gasteiger partial charge < -0.3 is 4.74 Å². The van der Waals surface area contributed by atoms with Gasteiger partial charge in [0.25, 0.3) is 0 Å². The Morgan fingerprint density at radius 3 is 2.60 bits per heavy atom. The maximum Gasteiger partial charge on any atom is 0.244 e. The second-order valence-electron chi connectivity index (χ2n) is 5.60. The van der Waals surface area contributed by atoms with Crippen molar-refractivity contribution in [1.29, 1.82) is 5.26 Å². The van der Waals surface area contributed by atoms with E-state index in [1.54, 1.807) is 31.0 Å². The number of thioether (sulfide) groups is 1. The number of benzene rings is 2. The van der Waals surface area contributed by atoms with Crippen LogP contribution in [0.5, 0.6) is 5.75 Å². The molecular weight excluding hydrogens is 356 g/mol. The molecule has 0 spiro atoms. The van der Waals surface area contributed by atoms with Crippen LogP contribution in [0.4, 0.5) is 0 Å². The summed E-state index contributed by atoms with van der Waals surface area (Å²) in [5.74, 6) is 1.49. The molecule has 0 aliphatic carbocycles. The van der Waals surface area contributed by atoms with E-state index in [9.17, 15) is 13.7 Å². The van der Waals surface area contributed by atoms with Gasteiger partial charge in [0, 0.05) is 24.1 Å². The highest BCUT2D eigenvalue weighted by atomic mass is 32.2. The fourth-order valence-corrected chi connectivity index (χ4v) is 5.84. The zero-order valence-electron chi connectivity index (χ0n) is 13.8. The van der Waals surface area contributed by atoms with Gasteiger partial charge in [-0.05, 0) is 29.8 Å². The largest absolute Gasteiger partial charge is 0.497 e. The highest BCUT2D eigenvalue weighted by Crippen LogP contribution is 2.36. The first kappa shape index (κ1) is 17.8. The Balaban J connectivity index is 1.86. The molecule has 0 bridgehead atoms. The van der Waals surface area contributed by atoms with Crippen LogP contribution in [0.1, 0.15) is 16.4 Å². The molecular formula is C18H18N2O3S2. The van der Waals surface area contributed by atoms with Crippen LogP contribution >= 0.6 is 11.8 Å². The van der Waals surface area contributed by atoms with Gasteiger partial charge in [0.1, 0.15) is 11.8 Å². The summed E-state index contributed by atoms with van der Waals surface area (Å²) in [6.07, 6.45) is 0. The average molecular weight is 374 g/mol. The highest BCUT2D eigenvalue weighted by Gasteiger charge is 2.32. The minimum Gasteiger partial charge on any atom is -0.497 e. The lowest BCUT2D eigenvalue weighted by Gasteiger charge is -2.32. The molecule has 1 aliphatic rings. The summed E-state index contributed by atoms with van der Waals surface area (Å²) in [5.41, 5.74) is 1.25. The second kappa shape index (κ2) is 7.48. The Labute approximate surface area is 152 Å². The van der Waals surface area contributed by atoms with E-state index in [0.29, 0.717) is 18.8 Å². The monoisotopic (exact) mass is 374 g/mol. The zero-order valence-corrected chi connectivity index (χ0v) is 15.4. The van der Waals surface area contributed by atoms with Crippen molar-refractivity contribution < 1.29 is 13.2 Å². The first-order valence-corrected chi connectivity index (χ1v) is 10.3. The van der Waals surface area contributed by atoms with Gasteiger partial charge in [-0.25, -0.2) is 8.42 Å². The van der Waals surface area contributed by atoms with Gasteiger partial charge in [0.05, 0.1) is 17.6 Å². The van der Waals surface area contributed by atoms with Crippen molar-refractivity contribution in [2.45, 2.75) is 10.1 Å².